The van der Waals surface area contributed by atoms with E-state index in [1.54, 1.807) is 24.2 Å². The molecule has 0 saturated heterocycles. The van der Waals surface area contributed by atoms with Gasteiger partial charge in [-0.05, 0) is 29.8 Å². The Morgan fingerprint density at radius 1 is 1.00 bits per heavy atom. The molecule has 2 aromatic carbocycles. The highest BCUT2D eigenvalue weighted by atomic mass is 19.1. The third-order valence-electron chi connectivity index (χ3n) is 5.71. The first kappa shape index (κ1) is 20.7. The van der Waals surface area contributed by atoms with Crippen molar-refractivity contribution in [2.75, 3.05) is 23.4 Å². The fourth-order valence-electron chi connectivity index (χ4n) is 3.96. The van der Waals surface area contributed by atoms with Crippen molar-refractivity contribution in [3.05, 3.63) is 86.8 Å². The molecule has 5 rings (SSSR count). The number of imidazole rings is 1. The van der Waals surface area contributed by atoms with E-state index < -0.39 is 11.2 Å². The molecule has 0 radical (unpaired) electrons. The lowest BCUT2D eigenvalue weighted by Crippen LogP contribution is -2.38. The molecule has 1 N–H and O–H groups in total. The second kappa shape index (κ2) is 8.05. The first-order chi connectivity index (χ1) is 15.9. The van der Waals surface area contributed by atoms with Crippen LogP contribution in [0.15, 0.2) is 69.3 Å². The van der Waals surface area contributed by atoms with Gasteiger partial charge in [-0.15, -0.1) is 0 Å². The molecule has 0 fully saturated rings. The third-order valence-corrected chi connectivity index (χ3v) is 5.71. The Balaban J connectivity index is 1.56. The van der Waals surface area contributed by atoms with Crippen LogP contribution in [-0.2, 0) is 20.6 Å². The summed E-state index contributed by atoms with van der Waals surface area (Å²) < 4.78 is 17.4. The Morgan fingerprint density at radius 2 is 1.73 bits per heavy atom. The minimum atomic E-state index is -0.434. The summed E-state index contributed by atoms with van der Waals surface area (Å²) in [5.41, 5.74) is 2.34. The number of nitrogens with zero attached hydrogens (tertiary/aromatic N) is 6. The minimum Gasteiger partial charge on any atom is -0.383 e. The predicted octanol–water partition coefficient (Wildman–Crippen LogP) is 1.91. The molecule has 4 aromatic rings. The molecule has 0 saturated carbocycles. The van der Waals surface area contributed by atoms with Crippen LogP contribution in [0.1, 0.15) is 5.56 Å². The maximum Gasteiger partial charge on any atom is 0.332 e. The van der Waals surface area contributed by atoms with E-state index in [0.717, 1.165) is 21.5 Å². The summed E-state index contributed by atoms with van der Waals surface area (Å²) in [5, 5.41) is 9.78. The van der Waals surface area contributed by atoms with Crippen LogP contribution >= 0.6 is 0 Å². The van der Waals surface area contributed by atoms with Gasteiger partial charge in [-0.2, -0.15) is 10.1 Å². The monoisotopic (exact) mass is 447 g/mol. The number of rotatable bonds is 5. The van der Waals surface area contributed by atoms with Crippen molar-refractivity contribution < 1.29 is 4.39 Å². The molecule has 0 aliphatic carbocycles. The zero-order valence-electron chi connectivity index (χ0n) is 18.2. The van der Waals surface area contributed by atoms with Crippen molar-refractivity contribution in [1.82, 2.24) is 18.7 Å². The van der Waals surface area contributed by atoms with Crippen LogP contribution in [0.5, 0.6) is 0 Å². The van der Waals surface area contributed by atoms with Crippen molar-refractivity contribution in [2.45, 2.75) is 6.54 Å². The third kappa shape index (κ3) is 3.59. The number of hydrazone groups is 1. The number of aromatic nitrogens is 4. The van der Waals surface area contributed by atoms with Crippen LogP contribution < -0.4 is 21.6 Å². The summed E-state index contributed by atoms with van der Waals surface area (Å²) in [5.74, 6) is 0.193. The number of benzene rings is 2. The first-order valence-corrected chi connectivity index (χ1v) is 10.5. The van der Waals surface area contributed by atoms with E-state index in [-0.39, 0.29) is 5.82 Å². The Bertz CT molecular complexity index is 1480. The van der Waals surface area contributed by atoms with Crippen LogP contribution in [0.25, 0.3) is 11.2 Å². The number of halogens is 1. The SMILES string of the molecule is Cn1c(=O)c2c(nc3n2CC(c2ccccc2)=NN3CCNc2ccc(F)cc2)n(C)c1=O. The Labute approximate surface area is 188 Å². The van der Waals surface area contributed by atoms with E-state index >= 15 is 0 Å². The van der Waals surface area contributed by atoms with Gasteiger partial charge < -0.3 is 5.32 Å². The molecular weight excluding hydrogens is 425 g/mol. The van der Waals surface area contributed by atoms with Gasteiger partial charge in [-0.3, -0.25) is 18.5 Å². The summed E-state index contributed by atoms with van der Waals surface area (Å²) in [6, 6.07) is 15.8. The molecule has 2 aromatic heterocycles. The van der Waals surface area contributed by atoms with E-state index in [2.05, 4.69) is 10.3 Å². The quantitative estimate of drug-likeness (QED) is 0.505. The van der Waals surface area contributed by atoms with Gasteiger partial charge in [-0.25, -0.2) is 14.2 Å². The molecule has 0 unspecified atom stereocenters. The molecule has 0 bridgehead atoms. The second-order valence-electron chi connectivity index (χ2n) is 7.85. The molecule has 1 aliphatic heterocycles. The summed E-state index contributed by atoms with van der Waals surface area (Å²) in [7, 11) is 3.06. The lowest BCUT2D eigenvalue weighted by atomic mass is 10.1. The highest BCUT2D eigenvalue weighted by Crippen LogP contribution is 2.25. The summed E-state index contributed by atoms with van der Waals surface area (Å²) >= 11 is 0. The van der Waals surface area contributed by atoms with Gasteiger partial charge >= 0.3 is 5.69 Å². The number of nitrogens with one attached hydrogen (secondary N) is 1. The maximum atomic E-state index is 13.2. The zero-order chi connectivity index (χ0) is 23.1. The fraction of sp³-hybridized carbons (Fsp3) is 0.217. The average Bonchev–Trinajstić information content (AvgIpc) is 3.23. The van der Waals surface area contributed by atoms with E-state index in [9.17, 15) is 14.0 Å². The molecule has 9 nitrogen and oxygen atoms in total. The van der Waals surface area contributed by atoms with Gasteiger partial charge in [0.15, 0.2) is 11.2 Å². The van der Waals surface area contributed by atoms with Gasteiger partial charge in [0.1, 0.15) is 5.82 Å². The molecule has 1 aliphatic rings. The highest BCUT2D eigenvalue weighted by Gasteiger charge is 2.27. The number of hydrogen-bond acceptors (Lipinski definition) is 6. The van der Waals surface area contributed by atoms with Crippen molar-refractivity contribution in [3.63, 3.8) is 0 Å². The molecule has 10 heteroatoms. The van der Waals surface area contributed by atoms with Crippen LogP contribution in [0, 0.1) is 5.82 Å². The Hall–Kier alpha value is -4.21. The van der Waals surface area contributed by atoms with E-state index in [4.69, 9.17) is 5.10 Å². The van der Waals surface area contributed by atoms with Crippen molar-refractivity contribution >= 4 is 28.5 Å². The van der Waals surface area contributed by atoms with Gasteiger partial charge in [0.05, 0.1) is 18.8 Å². The summed E-state index contributed by atoms with van der Waals surface area (Å²) in [6.07, 6.45) is 0. The lowest BCUT2D eigenvalue weighted by molar-refractivity contribution is 0.628. The molecule has 0 amide bonds. The highest BCUT2D eigenvalue weighted by molar-refractivity contribution is 6.02. The van der Waals surface area contributed by atoms with Crippen molar-refractivity contribution in [2.24, 2.45) is 19.2 Å². The van der Waals surface area contributed by atoms with Crippen LogP contribution in [0.4, 0.5) is 16.0 Å². The molecule has 3 heterocycles. The van der Waals surface area contributed by atoms with E-state index in [1.807, 2.05) is 34.9 Å². The lowest BCUT2D eigenvalue weighted by Gasteiger charge is -2.26. The van der Waals surface area contributed by atoms with Gasteiger partial charge in [0.25, 0.3) is 5.56 Å². The van der Waals surface area contributed by atoms with Crippen molar-refractivity contribution in [3.8, 4) is 0 Å². The van der Waals surface area contributed by atoms with E-state index in [0.29, 0.717) is 36.7 Å². The zero-order valence-corrected chi connectivity index (χ0v) is 18.2. The largest absolute Gasteiger partial charge is 0.383 e. The van der Waals surface area contributed by atoms with Crippen LogP contribution in [0.3, 0.4) is 0 Å². The standard InChI is InChI=1S/C23H22FN7O2/c1-28-20-19(21(32)29(2)23(28)33)30-14-18(15-6-4-3-5-7-15)27-31(22(30)26-20)13-12-25-17-10-8-16(24)9-11-17/h3-11,25H,12-14H2,1-2H3. The van der Waals surface area contributed by atoms with Crippen LogP contribution in [-0.4, -0.2) is 37.5 Å². The number of anilines is 2. The molecule has 0 atom stereocenters. The second-order valence-corrected chi connectivity index (χ2v) is 7.85. The summed E-state index contributed by atoms with van der Waals surface area (Å²) in [4.78, 5) is 30.0. The normalized spacial score (nSPS) is 13.2. The molecule has 168 valence electrons. The number of fused-ring (bicyclic) bond motifs is 3. The Morgan fingerprint density at radius 3 is 2.45 bits per heavy atom. The molecule has 0 spiro atoms. The van der Waals surface area contributed by atoms with Gasteiger partial charge in [0, 0.05) is 26.3 Å². The van der Waals surface area contributed by atoms with E-state index in [1.165, 1.54) is 23.7 Å². The fourth-order valence-corrected chi connectivity index (χ4v) is 3.96. The number of hydrogen-bond donors (Lipinski definition) is 1. The molecule has 33 heavy (non-hydrogen) atoms. The van der Waals surface area contributed by atoms with Gasteiger partial charge in [0.2, 0.25) is 5.95 Å². The smallest absolute Gasteiger partial charge is 0.332 e. The predicted molar refractivity (Wildman–Crippen MR) is 125 cm³/mol. The maximum absolute atomic E-state index is 13.2. The minimum absolute atomic E-state index is 0.297. The Kier molecular flexibility index (Phi) is 5.04. The average molecular weight is 447 g/mol. The molecular formula is C23H22FN7O2. The van der Waals surface area contributed by atoms with Gasteiger partial charge in [-0.1, -0.05) is 30.3 Å². The van der Waals surface area contributed by atoms with Crippen molar-refractivity contribution in [1.29, 1.82) is 0 Å². The van der Waals surface area contributed by atoms with Crippen LogP contribution in [0.2, 0.25) is 0 Å². The number of aryl methyl sites for hydroxylation is 1. The topological polar surface area (TPSA) is 89.4 Å². The first-order valence-electron chi connectivity index (χ1n) is 10.5. The summed E-state index contributed by atoms with van der Waals surface area (Å²) in [6.45, 7) is 1.29.